The summed E-state index contributed by atoms with van der Waals surface area (Å²) < 4.78 is 8.63. The largest absolute Gasteiger partial charge is 0.444 e. The fraction of sp³-hybridized carbons (Fsp3) is 0.476. The molecular weight excluding hydrogens is 406 g/mol. The van der Waals surface area contributed by atoms with Crippen molar-refractivity contribution < 1.29 is 9.53 Å². The first-order chi connectivity index (χ1) is 14.0. The van der Waals surface area contributed by atoms with Crippen molar-refractivity contribution in [2.75, 3.05) is 25.5 Å². The molecular formula is C21H28ClN5O3. The van der Waals surface area contributed by atoms with Gasteiger partial charge in [0.15, 0.2) is 0 Å². The van der Waals surface area contributed by atoms with Crippen LogP contribution in [0.5, 0.6) is 0 Å². The van der Waals surface area contributed by atoms with E-state index in [1.165, 1.54) is 4.57 Å². The zero-order valence-electron chi connectivity index (χ0n) is 18.0. The Bertz CT molecular complexity index is 1020. The lowest BCUT2D eigenvalue weighted by molar-refractivity contribution is 0.0289. The average molecular weight is 434 g/mol. The van der Waals surface area contributed by atoms with E-state index in [1.54, 1.807) is 47.7 Å². The molecule has 1 fully saturated rings. The average Bonchev–Trinajstić information content (AvgIpc) is 3.23. The molecule has 8 nitrogen and oxygen atoms in total. The van der Waals surface area contributed by atoms with Crippen molar-refractivity contribution in [3.05, 3.63) is 45.5 Å². The molecule has 1 saturated heterocycles. The van der Waals surface area contributed by atoms with Crippen LogP contribution in [0, 0.1) is 5.41 Å². The number of nitrogens with zero attached hydrogens (tertiary/aromatic N) is 3. The summed E-state index contributed by atoms with van der Waals surface area (Å²) >= 11 is 6.00. The third kappa shape index (κ3) is 4.23. The molecule has 2 heterocycles. The molecule has 0 aliphatic carbocycles. The van der Waals surface area contributed by atoms with Crippen molar-refractivity contribution in [2.24, 2.45) is 0 Å². The van der Waals surface area contributed by atoms with Crippen molar-refractivity contribution in [2.45, 2.75) is 45.8 Å². The van der Waals surface area contributed by atoms with Crippen LogP contribution >= 0.6 is 11.6 Å². The molecule has 1 aromatic carbocycles. The van der Waals surface area contributed by atoms with Gasteiger partial charge in [-0.05, 0) is 58.4 Å². The zero-order chi connectivity index (χ0) is 22.2. The second-order valence-corrected chi connectivity index (χ2v) is 8.84. The monoisotopic (exact) mass is 433 g/mol. The highest BCUT2D eigenvalue weighted by molar-refractivity contribution is 6.30. The van der Waals surface area contributed by atoms with E-state index in [2.05, 4.69) is 5.32 Å². The van der Waals surface area contributed by atoms with Crippen molar-refractivity contribution in [3.8, 4) is 5.69 Å². The van der Waals surface area contributed by atoms with Crippen molar-refractivity contribution in [1.29, 1.82) is 5.41 Å². The number of rotatable bonds is 4. The summed E-state index contributed by atoms with van der Waals surface area (Å²) in [6.45, 7) is 7.99. The van der Waals surface area contributed by atoms with E-state index in [-0.39, 0.29) is 23.5 Å². The lowest BCUT2D eigenvalue weighted by Gasteiger charge is -2.24. The van der Waals surface area contributed by atoms with E-state index >= 15 is 0 Å². The summed E-state index contributed by atoms with van der Waals surface area (Å²) in [6, 6.07) is 6.70. The molecule has 1 amide bonds. The van der Waals surface area contributed by atoms with E-state index < -0.39 is 5.60 Å². The molecule has 1 aromatic heterocycles. The first kappa shape index (κ1) is 22.0. The number of nitrogens with one attached hydrogen (secondary N) is 2. The molecule has 0 saturated carbocycles. The third-order valence-corrected chi connectivity index (χ3v) is 5.20. The highest BCUT2D eigenvalue weighted by Gasteiger charge is 2.34. The number of amides is 1. The smallest absolute Gasteiger partial charge is 0.410 e. The van der Waals surface area contributed by atoms with Crippen LogP contribution in [0.3, 0.4) is 0 Å². The topological polar surface area (TPSA) is 92.4 Å². The highest BCUT2D eigenvalue weighted by Crippen LogP contribution is 2.29. The molecule has 9 heteroatoms. The van der Waals surface area contributed by atoms with E-state index in [0.717, 1.165) is 0 Å². The van der Waals surface area contributed by atoms with E-state index in [1.807, 2.05) is 20.8 Å². The SMILES string of the molecule is CNc1c(C(C)=N)n(-c2ccc(Cl)cc2)c(=O)n1[C@@H]1CCN(C(=O)OC(C)(C)C)C1. The summed E-state index contributed by atoms with van der Waals surface area (Å²) in [5, 5.41) is 11.9. The molecule has 0 unspecified atom stereocenters. The van der Waals surface area contributed by atoms with Gasteiger partial charge in [-0.15, -0.1) is 0 Å². The van der Waals surface area contributed by atoms with Gasteiger partial charge in [-0.25, -0.2) is 9.59 Å². The molecule has 3 rings (SSSR count). The first-order valence-corrected chi connectivity index (χ1v) is 10.3. The van der Waals surface area contributed by atoms with Crippen LogP contribution in [0.1, 0.15) is 45.9 Å². The Morgan fingerprint density at radius 2 is 1.90 bits per heavy atom. The van der Waals surface area contributed by atoms with Gasteiger partial charge in [-0.3, -0.25) is 9.13 Å². The van der Waals surface area contributed by atoms with Crippen LogP contribution < -0.4 is 11.0 Å². The molecule has 2 aromatic rings. The fourth-order valence-corrected chi connectivity index (χ4v) is 3.84. The molecule has 0 bridgehead atoms. The van der Waals surface area contributed by atoms with Crippen LogP contribution in [0.2, 0.25) is 5.02 Å². The number of carbonyl (C=O) groups excluding carboxylic acids is 1. The number of hydrogen-bond donors (Lipinski definition) is 2. The summed E-state index contributed by atoms with van der Waals surface area (Å²) in [5.41, 5.74) is 0.528. The van der Waals surface area contributed by atoms with Gasteiger partial charge in [0, 0.05) is 25.2 Å². The molecule has 30 heavy (non-hydrogen) atoms. The maximum absolute atomic E-state index is 13.5. The molecule has 1 aliphatic heterocycles. The maximum atomic E-state index is 13.5. The van der Waals surface area contributed by atoms with E-state index in [0.29, 0.717) is 41.7 Å². The number of ether oxygens (including phenoxy) is 1. The Kier molecular flexibility index (Phi) is 5.99. The van der Waals surface area contributed by atoms with Gasteiger partial charge in [0.1, 0.15) is 17.1 Å². The molecule has 162 valence electrons. The second kappa shape index (κ2) is 8.18. The Labute approximate surface area is 180 Å². The predicted octanol–water partition coefficient (Wildman–Crippen LogP) is 3.90. The van der Waals surface area contributed by atoms with Crippen LogP contribution in [-0.2, 0) is 4.74 Å². The number of benzene rings is 1. The minimum atomic E-state index is -0.579. The molecule has 2 N–H and O–H groups in total. The molecule has 0 radical (unpaired) electrons. The summed E-state index contributed by atoms with van der Waals surface area (Å²) in [7, 11) is 1.73. The predicted molar refractivity (Wildman–Crippen MR) is 119 cm³/mol. The summed E-state index contributed by atoms with van der Waals surface area (Å²) in [4.78, 5) is 27.6. The lowest BCUT2D eigenvalue weighted by atomic mass is 10.2. The van der Waals surface area contributed by atoms with Gasteiger partial charge >= 0.3 is 11.8 Å². The number of halogens is 1. The lowest BCUT2D eigenvalue weighted by Crippen LogP contribution is -2.36. The van der Waals surface area contributed by atoms with Gasteiger partial charge in [0.2, 0.25) is 0 Å². The molecule has 1 aliphatic rings. The van der Waals surface area contributed by atoms with Gasteiger partial charge in [-0.2, -0.15) is 0 Å². The number of carbonyl (C=O) groups is 1. The van der Waals surface area contributed by atoms with Crippen LogP contribution in [0.15, 0.2) is 29.1 Å². The highest BCUT2D eigenvalue weighted by atomic mass is 35.5. The number of hydrogen-bond acceptors (Lipinski definition) is 5. The van der Waals surface area contributed by atoms with Gasteiger partial charge < -0.3 is 20.4 Å². The number of aromatic nitrogens is 2. The Morgan fingerprint density at radius 1 is 1.27 bits per heavy atom. The number of likely N-dealkylation sites (tertiary alicyclic amines) is 1. The number of anilines is 1. The van der Waals surface area contributed by atoms with Gasteiger partial charge in [-0.1, -0.05) is 11.6 Å². The molecule has 0 spiro atoms. The van der Waals surface area contributed by atoms with Gasteiger partial charge in [0.05, 0.1) is 17.4 Å². The maximum Gasteiger partial charge on any atom is 0.410 e. The van der Waals surface area contributed by atoms with Crippen LogP contribution in [0.4, 0.5) is 10.6 Å². The van der Waals surface area contributed by atoms with Gasteiger partial charge in [0.25, 0.3) is 0 Å². The minimum absolute atomic E-state index is 0.223. The standard InChI is InChI=1S/C21H28ClN5O3/c1-13(23)17-18(24-5)27(19(28)26(17)15-8-6-14(22)7-9-15)16-10-11-25(12-16)20(29)30-21(2,3)4/h6-9,16,23-24H,10-12H2,1-5H3/t16-/m1/s1. The minimum Gasteiger partial charge on any atom is -0.444 e. The van der Waals surface area contributed by atoms with Crippen molar-refractivity contribution in [1.82, 2.24) is 14.0 Å². The normalized spacial score (nSPS) is 16.6. The van der Waals surface area contributed by atoms with Crippen LogP contribution in [-0.4, -0.2) is 51.6 Å². The van der Waals surface area contributed by atoms with Crippen LogP contribution in [0.25, 0.3) is 5.69 Å². The quantitative estimate of drug-likeness (QED) is 0.715. The van der Waals surface area contributed by atoms with E-state index in [9.17, 15) is 9.59 Å². The fourth-order valence-electron chi connectivity index (χ4n) is 3.72. The second-order valence-electron chi connectivity index (χ2n) is 8.41. The Hall–Kier alpha value is -2.74. The summed E-state index contributed by atoms with van der Waals surface area (Å²) in [5.74, 6) is 0.554. The zero-order valence-corrected chi connectivity index (χ0v) is 18.7. The first-order valence-electron chi connectivity index (χ1n) is 9.88. The molecule has 1 atom stereocenters. The summed E-state index contributed by atoms with van der Waals surface area (Å²) in [6.07, 6.45) is 0.235. The third-order valence-electron chi connectivity index (χ3n) is 4.94. The van der Waals surface area contributed by atoms with Crippen molar-refractivity contribution in [3.63, 3.8) is 0 Å². The Morgan fingerprint density at radius 3 is 2.43 bits per heavy atom. The van der Waals surface area contributed by atoms with E-state index in [4.69, 9.17) is 21.7 Å². The number of imidazole rings is 1. The van der Waals surface area contributed by atoms with Crippen molar-refractivity contribution >= 4 is 29.2 Å². The Balaban J connectivity index is 2.03.